The molecule has 1 aromatic carbocycles. The van der Waals surface area contributed by atoms with Crippen molar-refractivity contribution in [2.24, 2.45) is 4.99 Å². The molecule has 1 aromatic rings. The third kappa shape index (κ3) is 6.94. The fourth-order valence-electron chi connectivity index (χ4n) is 3.30. The Balaban J connectivity index is 1.63. The van der Waals surface area contributed by atoms with Crippen molar-refractivity contribution >= 4 is 5.96 Å². The average molecular weight is 347 g/mol. The highest BCUT2D eigenvalue weighted by Gasteiger charge is 2.19. The Labute approximate surface area is 152 Å². The Morgan fingerprint density at radius 1 is 1.24 bits per heavy atom. The van der Waals surface area contributed by atoms with Gasteiger partial charge in [-0.15, -0.1) is 0 Å². The Morgan fingerprint density at radius 3 is 2.56 bits per heavy atom. The minimum Gasteiger partial charge on any atom is -0.497 e. The van der Waals surface area contributed by atoms with E-state index in [2.05, 4.69) is 39.6 Å². The van der Waals surface area contributed by atoms with E-state index >= 15 is 0 Å². The number of nitrogens with zero attached hydrogens (tertiary/aromatic N) is 2. The number of aliphatic imine (C=N–C) groups is 1. The van der Waals surface area contributed by atoms with Crippen LogP contribution in [0.2, 0.25) is 0 Å². The van der Waals surface area contributed by atoms with Crippen LogP contribution in [-0.2, 0) is 6.42 Å². The first kappa shape index (κ1) is 19.6. The van der Waals surface area contributed by atoms with Gasteiger partial charge in [0.15, 0.2) is 5.96 Å². The predicted molar refractivity (Wildman–Crippen MR) is 106 cm³/mol. The molecule has 2 N–H and O–H groups in total. The molecule has 1 aliphatic heterocycles. The molecule has 0 amide bonds. The van der Waals surface area contributed by atoms with Crippen LogP contribution < -0.4 is 15.4 Å². The topological polar surface area (TPSA) is 48.9 Å². The maximum absolute atomic E-state index is 5.19. The van der Waals surface area contributed by atoms with Gasteiger partial charge in [0.25, 0.3) is 0 Å². The van der Waals surface area contributed by atoms with Crippen LogP contribution >= 0.6 is 0 Å². The van der Waals surface area contributed by atoms with Crippen molar-refractivity contribution < 1.29 is 4.74 Å². The molecule has 2 rings (SSSR count). The number of aryl methyl sites for hydroxylation is 1. The maximum atomic E-state index is 5.19. The van der Waals surface area contributed by atoms with Crippen LogP contribution in [0.4, 0.5) is 0 Å². The lowest BCUT2D eigenvalue weighted by Crippen LogP contribution is -2.48. The first-order valence-corrected chi connectivity index (χ1v) is 9.57. The highest BCUT2D eigenvalue weighted by atomic mass is 16.5. The van der Waals surface area contributed by atoms with Gasteiger partial charge in [-0.2, -0.15) is 0 Å². The number of guanidine groups is 1. The van der Waals surface area contributed by atoms with Gasteiger partial charge in [0.1, 0.15) is 5.75 Å². The minimum atomic E-state index is 0.542. The summed E-state index contributed by atoms with van der Waals surface area (Å²) in [7, 11) is 3.55. The van der Waals surface area contributed by atoms with Crippen molar-refractivity contribution in [3.05, 3.63) is 29.8 Å². The summed E-state index contributed by atoms with van der Waals surface area (Å²) < 4.78 is 5.19. The normalized spacial score (nSPS) is 16.7. The van der Waals surface area contributed by atoms with E-state index in [1.165, 1.54) is 44.5 Å². The number of piperidine rings is 1. The molecule has 1 aliphatic rings. The van der Waals surface area contributed by atoms with E-state index < -0.39 is 0 Å². The summed E-state index contributed by atoms with van der Waals surface area (Å²) in [5.41, 5.74) is 1.34. The first-order chi connectivity index (χ1) is 12.2. The van der Waals surface area contributed by atoms with E-state index in [1.54, 1.807) is 7.11 Å². The van der Waals surface area contributed by atoms with Gasteiger partial charge in [-0.3, -0.25) is 4.99 Å². The Kier molecular flexibility index (Phi) is 8.60. The first-order valence-electron chi connectivity index (χ1n) is 9.57. The zero-order valence-corrected chi connectivity index (χ0v) is 16.1. The van der Waals surface area contributed by atoms with E-state index in [1.807, 2.05) is 19.2 Å². The minimum absolute atomic E-state index is 0.542. The van der Waals surface area contributed by atoms with E-state index in [-0.39, 0.29) is 0 Å². The molecule has 0 spiro atoms. The van der Waals surface area contributed by atoms with Gasteiger partial charge in [0, 0.05) is 32.7 Å². The third-order valence-corrected chi connectivity index (χ3v) is 4.79. The van der Waals surface area contributed by atoms with Gasteiger partial charge in [-0.1, -0.05) is 19.1 Å². The van der Waals surface area contributed by atoms with E-state index in [9.17, 15) is 0 Å². The largest absolute Gasteiger partial charge is 0.497 e. The van der Waals surface area contributed by atoms with Crippen LogP contribution in [0.25, 0.3) is 0 Å². The van der Waals surface area contributed by atoms with Crippen molar-refractivity contribution in [3.8, 4) is 5.75 Å². The van der Waals surface area contributed by atoms with Crippen LogP contribution in [-0.4, -0.2) is 57.2 Å². The van der Waals surface area contributed by atoms with Crippen LogP contribution in [0.15, 0.2) is 29.3 Å². The smallest absolute Gasteiger partial charge is 0.191 e. The third-order valence-electron chi connectivity index (χ3n) is 4.79. The molecule has 0 aliphatic carbocycles. The summed E-state index contributed by atoms with van der Waals surface area (Å²) in [5.74, 6) is 1.85. The Hall–Kier alpha value is -1.75. The number of ether oxygens (including phenoxy) is 1. The van der Waals surface area contributed by atoms with Gasteiger partial charge in [0.05, 0.1) is 7.11 Å². The van der Waals surface area contributed by atoms with Crippen LogP contribution in [0.1, 0.15) is 38.2 Å². The molecular formula is C20H34N4O. The number of hydrogen-bond acceptors (Lipinski definition) is 3. The number of methoxy groups -OCH3 is 1. The zero-order valence-electron chi connectivity index (χ0n) is 16.1. The Bertz CT molecular complexity index is 507. The van der Waals surface area contributed by atoms with Crippen molar-refractivity contribution in [1.82, 2.24) is 15.5 Å². The molecule has 25 heavy (non-hydrogen) atoms. The standard InChI is InChI=1S/C20H34N4O/c1-4-14-24-15-11-18(12-16-24)23-20(21-2)22-13-5-6-17-7-9-19(25-3)10-8-17/h7-10,18H,4-6,11-16H2,1-3H3,(H2,21,22,23). The van der Waals surface area contributed by atoms with Crippen LogP contribution in [0.3, 0.4) is 0 Å². The molecule has 0 bridgehead atoms. The predicted octanol–water partition coefficient (Wildman–Crippen LogP) is 2.67. The molecule has 0 radical (unpaired) electrons. The van der Waals surface area contributed by atoms with Crippen molar-refractivity contribution in [2.75, 3.05) is 40.3 Å². The second-order valence-corrected chi connectivity index (χ2v) is 6.71. The van der Waals surface area contributed by atoms with E-state index in [0.717, 1.165) is 31.1 Å². The van der Waals surface area contributed by atoms with Crippen molar-refractivity contribution in [2.45, 2.75) is 45.1 Å². The highest BCUT2D eigenvalue weighted by molar-refractivity contribution is 5.79. The quantitative estimate of drug-likeness (QED) is 0.432. The summed E-state index contributed by atoms with van der Waals surface area (Å²) in [4.78, 5) is 6.93. The molecule has 0 aromatic heterocycles. The molecule has 5 heteroatoms. The van der Waals surface area contributed by atoms with Crippen LogP contribution in [0, 0.1) is 0 Å². The molecule has 1 saturated heterocycles. The number of hydrogen-bond donors (Lipinski definition) is 2. The average Bonchev–Trinajstić information content (AvgIpc) is 2.66. The van der Waals surface area contributed by atoms with E-state index in [0.29, 0.717) is 6.04 Å². The lowest BCUT2D eigenvalue weighted by atomic mass is 10.1. The second-order valence-electron chi connectivity index (χ2n) is 6.71. The Morgan fingerprint density at radius 2 is 1.96 bits per heavy atom. The number of nitrogens with one attached hydrogen (secondary N) is 2. The van der Waals surface area contributed by atoms with Gasteiger partial charge >= 0.3 is 0 Å². The molecule has 5 nitrogen and oxygen atoms in total. The fraction of sp³-hybridized carbons (Fsp3) is 0.650. The molecular weight excluding hydrogens is 312 g/mol. The fourth-order valence-corrected chi connectivity index (χ4v) is 3.30. The summed E-state index contributed by atoms with van der Waals surface area (Å²) in [6, 6.07) is 8.86. The lowest BCUT2D eigenvalue weighted by molar-refractivity contribution is 0.206. The summed E-state index contributed by atoms with van der Waals surface area (Å²) in [6.45, 7) is 6.80. The number of benzene rings is 1. The van der Waals surface area contributed by atoms with Gasteiger partial charge < -0.3 is 20.3 Å². The molecule has 0 unspecified atom stereocenters. The van der Waals surface area contributed by atoms with Gasteiger partial charge in [0.2, 0.25) is 0 Å². The molecule has 1 heterocycles. The maximum Gasteiger partial charge on any atom is 0.191 e. The second kappa shape index (κ2) is 11.0. The highest BCUT2D eigenvalue weighted by Crippen LogP contribution is 2.12. The monoisotopic (exact) mass is 346 g/mol. The number of likely N-dealkylation sites (tertiary alicyclic amines) is 1. The van der Waals surface area contributed by atoms with Gasteiger partial charge in [-0.25, -0.2) is 0 Å². The van der Waals surface area contributed by atoms with Crippen molar-refractivity contribution in [3.63, 3.8) is 0 Å². The molecule has 1 fully saturated rings. The lowest BCUT2D eigenvalue weighted by Gasteiger charge is -2.32. The van der Waals surface area contributed by atoms with Gasteiger partial charge in [-0.05, 0) is 56.3 Å². The van der Waals surface area contributed by atoms with Crippen LogP contribution in [0.5, 0.6) is 5.75 Å². The summed E-state index contributed by atoms with van der Waals surface area (Å²) in [6.07, 6.45) is 5.79. The summed E-state index contributed by atoms with van der Waals surface area (Å²) in [5, 5.41) is 7.02. The number of rotatable bonds is 8. The van der Waals surface area contributed by atoms with E-state index in [4.69, 9.17) is 4.74 Å². The summed E-state index contributed by atoms with van der Waals surface area (Å²) >= 11 is 0. The molecule has 0 atom stereocenters. The molecule has 0 saturated carbocycles. The SMILES string of the molecule is CCCN1CCC(NC(=NC)NCCCc2ccc(OC)cc2)CC1. The van der Waals surface area contributed by atoms with Crippen molar-refractivity contribution in [1.29, 1.82) is 0 Å². The zero-order chi connectivity index (χ0) is 17.9. The molecule has 140 valence electrons.